The van der Waals surface area contributed by atoms with Crippen molar-refractivity contribution >= 4 is 38.2 Å². The first-order valence-corrected chi connectivity index (χ1v) is 22.4. The number of carbonyl (C=O) groups is 2. The Morgan fingerprint density at radius 1 is 0.500 bits per heavy atom. The molecule has 226 valence electrons. The average molecular weight is 671 g/mol. The molecule has 0 spiro atoms. The second-order valence-corrected chi connectivity index (χ2v) is 18.0. The number of rotatable bonds is 29. The molecule has 0 saturated heterocycles. The van der Waals surface area contributed by atoms with Crippen LogP contribution in [0.2, 0.25) is 10.6 Å². The van der Waals surface area contributed by atoms with E-state index in [4.69, 9.17) is 20.9 Å². The van der Waals surface area contributed by atoms with E-state index >= 15 is 0 Å². The second-order valence-electron chi connectivity index (χ2n) is 10.5. The molecule has 0 radical (unpaired) electrons. The molecule has 0 aliphatic heterocycles. The van der Waals surface area contributed by atoms with Crippen molar-refractivity contribution in [2.45, 2.75) is 165 Å². The monoisotopic (exact) mass is 672 g/mol. The normalized spacial score (nSPS) is 12.8. The van der Waals surface area contributed by atoms with Gasteiger partial charge >= 0.3 is 195 Å². The zero-order valence-corrected chi connectivity index (χ0v) is 28.2. The molecule has 8 heteroatoms. The number of unbranched alkanes of at least 4 members (excludes halogenated alkanes) is 18. The van der Waals surface area contributed by atoms with Crippen LogP contribution in [0.4, 0.5) is 0 Å². The van der Waals surface area contributed by atoms with Gasteiger partial charge in [-0.15, -0.1) is 0 Å². The molecular formula is C30H60N2O4Se2. The Kier molecular flexibility index (Phi) is 29.8. The van der Waals surface area contributed by atoms with E-state index in [1.54, 1.807) is 0 Å². The maximum atomic E-state index is 12.1. The van der Waals surface area contributed by atoms with Crippen molar-refractivity contribution in [3.8, 4) is 0 Å². The van der Waals surface area contributed by atoms with Gasteiger partial charge in [0.15, 0.2) is 0 Å². The van der Waals surface area contributed by atoms with Crippen LogP contribution in [0.5, 0.6) is 0 Å². The molecule has 0 aliphatic rings. The summed E-state index contributed by atoms with van der Waals surface area (Å²) in [5.74, 6) is -0.586. The first kappa shape index (κ1) is 37.9. The van der Waals surface area contributed by atoms with Crippen molar-refractivity contribution in [1.29, 1.82) is 0 Å². The van der Waals surface area contributed by atoms with Gasteiger partial charge < -0.3 is 0 Å². The van der Waals surface area contributed by atoms with Gasteiger partial charge in [0.05, 0.1) is 0 Å². The number of hydrogen-bond donors (Lipinski definition) is 2. The first-order valence-electron chi connectivity index (χ1n) is 15.6. The zero-order chi connectivity index (χ0) is 28.1. The molecule has 0 aromatic heterocycles. The van der Waals surface area contributed by atoms with Crippen LogP contribution >= 0.6 is 0 Å². The predicted molar refractivity (Wildman–Crippen MR) is 163 cm³/mol. The molecule has 0 rings (SSSR count). The number of carbonyl (C=O) groups excluding carboxylic acids is 2. The van der Waals surface area contributed by atoms with Gasteiger partial charge in [-0.2, -0.15) is 0 Å². The average Bonchev–Trinajstić information content (AvgIpc) is 2.92. The Morgan fingerprint density at radius 2 is 0.763 bits per heavy atom. The van der Waals surface area contributed by atoms with Gasteiger partial charge in [0, 0.05) is 0 Å². The summed E-state index contributed by atoms with van der Waals surface area (Å²) in [5, 5.41) is 1.29. The molecular weight excluding hydrogens is 610 g/mol. The quantitative estimate of drug-likeness (QED) is 0.0520. The molecule has 6 nitrogen and oxygen atoms in total. The van der Waals surface area contributed by atoms with Gasteiger partial charge in [0.2, 0.25) is 0 Å². The fraction of sp³-hybridized carbons (Fsp3) is 0.933. The van der Waals surface area contributed by atoms with E-state index in [9.17, 15) is 9.59 Å². The van der Waals surface area contributed by atoms with E-state index in [1.807, 2.05) is 0 Å². The number of hydrogen-bond acceptors (Lipinski definition) is 6. The molecule has 38 heavy (non-hydrogen) atoms. The van der Waals surface area contributed by atoms with E-state index in [-0.39, 0.29) is 38.2 Å². The number of nitrogens with two attached hydrogens (primary N) is 2. The SMILES string of the molecule is CCCCCCCCCCCCOC(=O)[C@@H](N)C[Se][Se]C[C@H](N)C(=O)OCCCCCCCCCCCC. The minimum Gasteiger partial charge on any atom is -0.0654 e. The van der Waals surface area contributed by atoms with Gasteiger partial charge in [-0.3, -0.25) is 0 Å². The van der Waals surface area contributed by atoms with Gasteiger partial charge in [0.25, 0.3) is 0 Å². The summed E-state index contributed by atoms with van der Waals surface area (Å²) in [6.07, 6.45) is 25.1. The Balaban J connectivity index is 3.54. The fourth-order valence-electron chi connectivity index (χ4n) is 4.12. The molecule has 0 fully saturated rings. The van der Waals surface area contributed by atoms with Crippen LogP contribution < -0.4 is 11.5 Å². The third-order valence-corrected chi connectivity index (χ3v) is 13.9. The zero-order valence-electron chi connectivity index (χ0n) is 24.7. The molecule has 0 aromatic carbocycles. The van der Waals surface area contributed by atoms with Crippen LogP contribution in [0, 0.1) is 0 Å². The smallest absolute Gasteiger partial charge is 0.0654 e. The summed E-state index contributed by atoms with van der Waals surface area (Å²) in [6.45, 7) is 5.43. The summed E-state index contributed by atoms with van der Waals surface area (Å²) >= 11 is 0.439. The molecule has 4 N–H and O–H groups in total. The Hall–Kier alpha value is -0.101. The molecule has 0 amide bonds. The minimum atomic E-state index is -0.556. The second kappa shape index (κ2) is 29.9. The molecule has 0 aromatic rings. The molecule has 0 saturated carbocycles. The summed E-state index contributed by atoms with van der Waals surface area (Å²) < 4.78 is 10.7. The number of esters is 2. The van der Waals surface area contributed by atoms with Crippen LogP contribution in [0.1, 0.15) is 142 Å². The van der Waals surface area contributed by atoms with Crippen LogP contribution in [0.25, 0.3) is 0 Å². The van der Waals surface area contributed by atoms with Crippen LogP contribution in [0.3, 0.4) is 0 Å². The predicted octanol–water partition coefficient (Wildman–Crippen LogP) is 6.73. The van der Waals surface area contributed by atoms with Crippen molar-refractivity contribution in [3.05, 3.63) is 0 Å². The van der Waals surface area contributed by atoms with Gasteiger partial charge in [-0.25, -0.2) is 0 Å². The van der Waals surface area contributed by atoms with Gasteiger partial charge in [0.1, 0.15) is 0 Å². The third kappa shape index (κ3) is 26.1. The third-order valence-electron chi connectivity index (χ3n) is 6.67. The minimum absolute atomic E-state index is 0.219. The van der Waals surface area contributed by atoms with Crippen molar-refractivity contribution in [2.75, 3.05) is 13.2 Å². The topological polar surface area (TPSA) is 105 Å². The Bertz CT molecular complexity index is 494. The van der Waals surface area contributed by atoms with E-state index in [2.05, 4.69) is 13.8 Å². The van der Waals surface area contributed by atoms with Gasteiger partial charge in [-0.05, 0) is 0 Å². The van der Waals surface area contributed by atoms with Crippen molar-refractivity contribution in [3.63, 3.8) is 0 Å². The van der Waals surface area contributed by atoms with Crippen molar-refractivity contribution in [2.24, 2.45) is 11.5 Å². The fourth-order valence-corrected chi connectivity index (χ4v) is 11.0. The van der Waals surface area contributed by atoms with E-state index in [0.717, 1.165) is 25.7 Å². The molecule has 0 aliphatic carbocycles. The van der Waals surface area contributed by atoms with Crippen molar-refractivity contribution < 1.29 is 19.1 Å². The summed E-state index contributed by atoms with van der Waals surface area (Å²) in [7, 11) is 0. The molecule has 2 atom stereocenters. The summed E-state index contributed by atoms with van der Waals surface area (Å²) in [5.41, 5.74) is 12.0. The van der Waals surface area contributed by atoms with Crippen LogP contribution in [-0.2, 0) is 19.1 Å². The maximum absolute atomic E-state index is 12.1. The van der Waals surface area contributed by atoms with Gasteiger partial charge in [-0.1, -0.05) is 52.4 Å². The van der Waals surface area contributed by atoms with E-state index in [1.165, 1.54) is 103 Å². The standard InChI is InChI=1S/C30H60N2O4Se2/c1-3-5-7-9-11-13-15-17-19-21-23-35-29(33)27(31)25-37-38-26-28(32)30(34)36-24-22-20-18-16-14-12-10-8-6-4-2/h27-28H,3-26,31-32H2,1-2H3/t27-,28-/m0/s1. The molecule has 0 bridgehead atoms. The molecule has 0 heterocycles. The Morgan fingerprint density at radius 3 is 1.05 bits per heavy atom. The van der Waals surface area contributed by atoms with Crippen LogP contribution in [-0.4, -0.2) is 63.5 Å². The summed E-state index contributed by atoms with van der Waals surface area (Å²) in [4.78, 5) is 24.2. The Labute approximate surface area is 246 Å². The molecule has 0 unspecified atom stereocenters. The van der Waals surface area contributed by atoms with Crippen molar-refractivity contribution in [1.82, 2.24) is 0 Å². The van der Waals surface area contributed by atoms with E-state index < -0.39 is 12.1 Å². The number of ether oxygens (including phenoxy) is 2. The first-order chi connectivity index (χ1) is 18.5. The van der Waals surface area contributed by atoms with E-state index in [0.29, 0.717) is 23.9 Å². The summed E-state index contributed by atoms with van der Waals surface area (Å²) in [6, 6.07) is -1.11. The van der Waals surface area contributed by atoms with Crippen LogP contribution in [0.15, 0.2) is 0 Å².